The van der Waals surface area contributed by atoms with Gasteiger partial charge in [-0.3, -0.25) is 14.5 Å². The van der Waals surface area contributed by atoms with Gasteiger partial charge in [-0.15, -0.1) is 0 Å². The molecule has 168 valence electrons. The van der Waals surface area contributed by atoms with Gasteiger partial charge < -0.3 is 10.2 Å². The minimum Gasteiger partial charge on any atom is -0.356 e. The van der Waals surface area contributed by atoms with Gasteiger partial charge in [-0.25, -0.2) is 9.97 Å². The molecule has 1 saturated heterocycles. The van der Waals surface area contributed by atoms with Crippen molar-refractivity contribution < 1.29 is 4.79 Å². The number of rotatable bonds is 6. The quantitative estimate of drug-likeness (QED) is 0.460. The van der Waals surface area contributed by atoms with Crippen LogP contribution in [0.5, 0.6) is 0 Å². The topological polar surface area (TPSA) is 88.8 Å². The Morgan fingerprint density at radius 1 is 1.12 bits per heavy atom. The molecule has 5 rings (SSSR count). The molecule has 0 spiro atoms. The Kier molecular flexibility index (Phi) is 5.83. The first-order valence-electron chi connectivity index (χ1n) is 11.3. The fraction of sp³-hybridized carbons (Fsp3) is 0.320. The van der Waals surface area contributed by atoms with E-state index in [9.17, 15) is 4.79 Å². The summed E-state index contributed by atoms with van der Waals surface area (Å²) in [5.74, 6) is 0.892. The van der Waals surface area contributed by atoms with Crippen LogP contribution in [0.1, 0.15) is 28.9 Å². The van der Waals surface area contributed by atoms with Crippen molar-refractivity contribution in [2.24, 2.45) is 7.05 Å². The fourth-order valence-corrected chi connectivity index (χ4v) is 4.30. The van der Waals surface area contributed by atoms with Crippen LogP contribution >= 0.6 is 0 Å². The Morgan fingerprint density at radius 2 is 1.97 bits per heavy atom. The van der Waals surface area contributed by atoms with Crippen LogP contribution in [0.25, 0.3) is 22.2 Å². The molecule has 0 aliphatic carbocycles. The van der Waals surface area contributed by atoms with E-state index in [0.29, 0.717) is 17.3 Å². The van der Waals surface area contributed by atoms with Crippen LogP contribution in [-0.2, 0) is 13.5 Å². The Bertz CT molecular complexity index is 1290. The number of nitrogens with zero attached hydrogens (tertiary/aromatic N) is 6. The molecule has 0 saturated carbocycles. The van der Waals surface area contributed by atoms with Crippen molar-refractivity contribution >= 4 is 22.5 Å². The fourth-order valence-electron chi connectivity index (χ4n) is 4.30. The van der Waals surface area contributed by atoms with Gasteiger partial charge >= 0.3 is 0 Å². The molecule has 4 aromatic rings. The summed E-state index contributed by atoms with van der Waals surface area (Å²) in [6, 6.07) is 10.1. The first-order chi connectivity index (χ1) is 16.1. The van der Waals surface area contributed by atoms with E-state index < -0.39 is 0 Å². The molecule has 0 amide bonds. The minimum atomic E-state index is 0.0269. The molecule has 4 aromatic heterocycles. The number of pyridine rings is 3. The summed E-state index contributed by atoms with van der Waals surface area (Å²) < 4.78 is 1.75. The van der Waals surface area contributed by atoms with Crippen molar-refractivity contribution in [3.8, 4) is 11.3 Å². The number of aryl methyl sites for hydroxylation is 1. The van der Waals surface area contributed by atoms with Gasteiger partial charge in [-0.05, 0) is 50.2 Å². The standard InChI is InChI=1S/C25H27N7O/c1-26-20-6-9-32(10-7-20)25-11-17(5-8-27-25)24(33)13-21-12-23-18(14-28-21)3-4-22(30-23)19-15-29-31(2)16-19/h3-5,8,11-12,14-16,20,26H,6-7,9-10,13H2,1-2H3. The molecule has 1 N–H and O–H groups in total. The second kappa shape index (κ2) is 9.07. The van der Waals surface area contributed by atoms with Gasteiger partial charge in [0, 0.05) is 61.3 Å². The highest BCUT2D eigenvalue weighted by Crippen LogP contribution is 2.22. The summed E-state index contributed by atoms with van der Waals surface area (Å²) in [5.41, 5.74) is 3.99. The molecule has 8 nitrogen and oxygen atoms in total. The van der Waals surface area contributed by atoms with Crippen molar-refractivity contribution in [3.63, 3.8) is 0 Å². The number of anilines is 1. The first-order valence-corrected chi connectivity index (χ1v) is 11.3. The third-order valence-corrected chi connectivity index (χ3v) is 6.27. The van der Waals surface area contributed by atoms with Crippen LogP contribution in [0, 0.1) is 0 Å². The Morgan fingerprint density at radius 3 is 2.73 bits per heavy atom. The Hall–Kier alpha value is -3.65. The number of nitrogens with one attached hydrogen (secondary N) is 1. The predicted octanol–water partition coefficient (Wildman–Crippen LogP) is 3.04. The number of carbonyl (C=O) groups excluding carboxylic acids is 1. The van der Waals surface area contributed by atoms with E-state index in [1.54, 1.807) is 29.3 Å². The van der Waals surface area contributed by atoms with Crippen molar-refractivity contribution in [2.45, 2.75) is 25.3 Å². The molecule has 0 bridgehead atoms. The average Bonchev–Trinajstić information content (AvgIpc) is 3.30. The summed E-state index contributed by atoms with van der Waals surface area (Å²) in [6.07, 6.45) is 9.60. The highest BCUT2D eigenvalue weighted by Gasteiger charge is 2.20. The van der Waals surface area contributed by atoms with Gasteiger partial charge in [-0.1, -0.05) is 0 Å². The lowest BCUT2D eigenvalue weighted by atomic mass is 10.0. The SMILES string of the molecule is CNC1CCN(c2cc(C(=O)Cc3cc4nc(-c5cnn(C)c5)ccc4cn3)ccn2)CC1. The number of piperidine rings is 1. The molecule has 1 aliphatic heterocycles. The molecule has 0 unspecified atom stereocenters. The van der Waals surface area contributed by atoms with Crippen molar-refractivity contribution in [1.29, 1.82) is 0 Å². The van der Waals surface area contributed by atoms with E-state index in [-0.39, 0.29) is 12.2 Å². The van der Waals surface area contributed by atoms with Gasteiger partial charge in [0.25, 0.3) is 0 Å². The van der Waals surface area contributed by atoms with Crippen LogP contribution < -0.4 is 10.2 Å². The number of fused-ring (bicyclic) bond motifs is 1. The third-order valence-electron chi connectivity index (χ3n) is 6.27. The number of Topliss-reactive ketones (excluding diaryl/α,β-unsaturated/α-hetero) is 1. The van der Waals surface area contributed by atoms with E-state index in [1.165, 1.54) is 0 Å². The number of hydrogen-bond donors (Lipinski definition) is 1. The number of hydrogen-bond acceptors (Lipinski definition) is 7. The summed E-state index contributed by atoms with van der Waals surface area (Å²) in [7, 11) is 3.89. The highest BCUT2D eigenvalue weighted by atomic mass is 16.1. The zero-order valence-corrected chi connectivity index (χ0v) is 18.9. The van der Waals surface area contributed by atoms with E-state index in [4.69, 9.17) is 4.98 Å². The largest absolute Gasteiger partial charge is 0.356 e. The summed E-state index contributed by atoms with van der Waals surface area (Å²) >= 11 is 0. The molecule has 0 atom stereocenters. The Balaban J connectivity index is 1.33. The number of aromatic nitrogens is 5. The molecule has 5 heterocycles. The average molecular weight is 442 g/mol. The first kappa shape index (κ1) is 21.2. The molecular formula is C25H27N7O. The van der Waals surface area contributed by atoms with Gasteiger partial charge in [0.1, 0.15) is 5.82 Å². The summed E-state index contributed by atoms with van der Waals surface area (Å²) in [6.45, 7) is 1.88. The summed E-state index contributed by atoms with van der Waals surface area (Å²) in [4.78, 5) is 29.1. The maximum absolute atomic E-state index is 13.0. The van der Waals surface area contributed by atoms with Gasteiger partial charge in [0.15, 0.2) is 5.78 Å². The van der Waals surface area contributed by atoms with Crippen molar-refractivity contribution in [3.05, 3.63) is 66.4 Å². The number of ketones is 1. The molecular weight excluding hydrogens is 414 g/mol. The van der Waals surface area contributed by atoms with Crippen LogP contribution in [0.3, 0.4) is 0 Å². The molecule has 8 heteroatoms. The van der Waals surface area contributed by atoms with Crippen molar-refractivity contribution in [2.75, 3.05) is 25.0 Å². The zero-order chi connectivity index (χ0) is 22.8. The van der Waals surface area contributed by atoms with Crippen LogP contribution in [0.4, 0.5) is 5.82 Å². The van der Waals surface area contributed by atoms with Crippen LogP contribution in [0.15, 0.2) is 55.1 Å². The molecule has 33 heavy (non-hydrogen) atoms. The molecule has 1 aliphatic rings. The minimum absolute atomic E-state index is 0.0269. The lowest BCUT2D eigenvalue weighted by Crippen LogP contribution is -2.41. The van der Waals surface area contributed by atoms with Crippen molar-refractivity contribution in [1.82, 2.24) is 30.0 Å². The third kappa shape index (κ3) is 4.61. The van der Waals surface area contributed by atoms with E-state index >= 15 is 0 Å². The van der Waals surface area contributed by atoms with E-state index in [2.05, 4.69) is 25.3 Å². The number of carbonyl (C=O) groups is 1. The highest BCUT2D eigenvalue weighted by molar-refractivity contribution is 5.98. The Labute approximate surface area is 192 Å². The molecule has 1 fully saturated rings. The zero-order valence-electron chi connectivity index (χ0n) is 18.9. The van der Waals surface area contributed by atoms with Crippen LogP contribution in [-0.4, -0.2) is 56.7 Å². The monoisotopic (exact) mass is 441 g/mol. The lowest BCUT2D eigenvalue weighted by molar-refractivity contribution is 0.0992. The van der Waals surface area contributed by atoms with Gasteiger partial charge in [0.05, 0.1) is 29.5 Å². The maximum atomic E-state index is 13.0. The summed E-state index contributed by atoms with van der Waals surface area (Å²) in [5, 5.41) is 8.50. The molecule has 0 aromatic carbocycles. The molecule has 0 radical (unpaired) electrons. The lowest BCUT2D eigenvalue weighted by Gasteiger charge is -2.32. The van der Waals surface area contributed by atoms with Gasteiger partial charge in [0.2, 0.25) is 0 Å². The normalized spacial score (nSPS) is 14.7. The van der Waals surface area contributed by atoms with E-state index in [0.717, 1.165) is 53.9 Å². The van der Waals surface area contributed by atoms with E-state index in [1.807, 2.05) is 44.6 Å². The second-order valence-corrected chi connectivity index (χ2v) is 8.52. The predicted molar refractivity (Wildman–Crippen MR) is 128 cm³/mol. The van der Waals surface area contributed by atoms with Crippen LogP contribution in [0.2, 0.25) is 0 Å². The smallest absolute Gasteiger partial charge is 0.169 e. The van der Waals surface area contributed by atoms with Gasteiger partial charge in [-0.2, -0.15) is 5.10 Å². The second-order valence-electron chi connectivity index (χ2n) is 8.52. The maximum Gasteiger partial charge on any atom is 0.169 e.